The van der Waals surface area contributed by atoms with Gasteiger partial charge in [0.1, 0.15) is 0 Å². The summed E-state index contributed by atoms with van der Waals surface area (Å²) in [5, 5.41) is 0. The van der Waals surface area contributed by atoms with Crippen molar-refractivity contribution in [2.75, 3.05) is 11.4 Å². The fourth-order valence-corrected chi connectivity index (χ4v) is 1.90. The molecule has 1 atom stereocenters. The van der Waals surface area contributed by atoms with Gasteiger partial charge in [-0.15, -0.1) is 6.58 Å². The maximum absolute atomic E-state index is 11.8. The van der Waals surface area contributed by atoms with Crippen molar-refractivity contribution in [2.45, 2.75) is 19.8 Å². The molecule has 0 aliphatic carbocycles. The lowest BCUT2D eigenvalue weighted by molar-refractivity contribution is -0.117. The summed E-state index contributed by atoms with van der Waals surface area (Å²) in [6.45, 7) is 6.15. The average Bonchev–Trinajstić information content (AvgIpc) is 2.69. The standard InChI is InChI=1S/C12H15N3O2/c1-3-8-5-11(17)15(7-8)12-13-9(4-2)6-10(16)14-12/h3,6,8H,1,4-5,7H2,2H3,(H,13,14,16). The van der Waals surface area contributed by atoms with Crippen molar-refractivity contribution in [2.24, 2.45) is 5.92 Å². The average molecular weight is 233 g/mol. The molecule has 1 saturated heterocycles. The number of hydrogen-bond donors (Lipinski definition) is 1. The summed E-state index contributed by atoms with van der Waals surface area (Å²) in [6, 6.07) is 1.45. The zero-order valence-corrected chi connectivity index (χ0v) is 9.77. The highest BCUT2D eigenvalue weighted by atomic mass is 16.2. The molecule has 0 radical (unpaired) electrons. The van der Waals surface area contributed by atoms with Crippen LogP contribution in [0.4, 0.5) is 5.95 Å². The summed E-state index contributed by atoms with van der Waals surface area (Å²) < 4.78 is 0. The predicted molar refractivity (Wildman–Crippen MR) is 64.9 cm³/mol. The lowest BCUT2D eigenvalue weighted by Crippen LogP contribution is -2.29. The fourth-order valence-electron chi connectivity index (χ4n) is 1.90. The second kappa shape index (κ2) is 4.53. The van der Waals surface area contributed by atoms with E-state index in [9.17, 15) is 9.59 Å². The van der Waals surface area contributed by atoms with Gasteiger partial charge in [-0.3, -0.25) is 19.5 Å². The molecule has 5 heteroatoms. The molecule has 0 aromatic carbocycles. The third-order valence-corrected chi connectivity index (χ3v) is 2.89. The highest BCUT2D eigenvalue weighted by molar-refractivity contribution is 5.94. The maximum Gasteiger partial charge on any atom is 0.252 e. The van der Waals surface area contributed by atoms with Gasteiger partial charge >= 0.3 is 0 Å². The number of H-pyrrole nitrogens is 1. The second-order valence-corrected chi connectivity index (χ2v) is 4.12. The van der Waals surface area contributed by atoms with E-state index in [4.69, 9.17) is 0 Å². The van der Waals surface area contributed by atoms with Crippen LogP contribution in [-0.2, 0) is 11.2 Å². The van der Waals surface area contributed by atoms with Crippen LogP contribution in [0.15, 0.2) is 23.5 Å². The SMILES string of the molecule is C=CC1CC(=O)N(c2nc(CC)cc(=O)[nH]2)C1. The normalized spacial score (nSPS) is 19.7. The number of nitrogens with zero attached hydrogens (tertiary/aromatic N) is 2. The smallest absolute Gasteiger partial charge is 0.252 e. The van der Waals surface area contributed by atoms with Crippen LogP contribution in [0.5, 0.6) is 0 Å². The molecule has 0 spiro atoms. The number of hydrogen-bond acceptors (Lipinski definition) is 3. The molecule has 0 bridgehead atoms. The van der Waals surface area contributed by atoms with E-state index in [2.05, 4.69) is 16.5 Å². The van der Waals surface area contributed by atoms with E-state index >= 15 is 0 Å². The molecule has 1 aliphatic rings. The van der Waals surface area contributed by atoms with Crippen molar-refractivity contribution >= 4 is 11.9 Å². The first kappa shape index (κ1) is 11.6. The third-order valence-electron chi connectivity index (χ3n) is 2.89. The minimum atomic E-state index is -0.221. The maximum atomic E-state index is 11.8. The van der Waals surface area contributed by atoms with Gasteiger partial charge in [0.2, 0.25) is 11.9 Å². The van der Waals surface area contributed by atoms with Crippen LogP contribution in [0.3, 0.4) is 0 Å². The van der Waals surface area contributed by atoms with Gasteiger partial charge in [-0.2, -0.15) is 0 Å². The Labute approximate surface area is 99.2 Å². The first-order chi connectivity index (χ1) is 8.13. The molecule has 1 aromatic heterocycles. The van der Waals surface area contributed by atoms with E-state index in [-0.39, 0.29) is 17.4 Å². The van der Waals surface area contributed by atoms with Crippen LogP contribution in [0.1, 0.15) is 19.0 Å². The Balaban J connectivity index is 2.34. The lowest BCUT2D eigenvalue weighted by Gasteiger charge is -2.14. The molecular weight excluding hydrogens is 218 g/mol. The molecule has 17 heavy (non-hydrogen) atoms. The van der Waals surface area contributed by atoms with Gasteiger partial charge in [0.15, 0.2) is 0 Å². The van der Waals surface area contributed by atoms with E-state index in [1.807, 2.05) is 6.92 Å². The quantitative estimate of drug-likeness (QED) is 0.788. The van der Waals surface area contributed by atoms with Crippen LogP contribution in [0, 0.1) is 5.92 Å². The summed E-state index contributed by atoms with van der Waals surface area (Å²) in [6.07, 6.45) is 2.87. The molecule has 1 aromatic rings. The molecule has 1 fully saturated rings. The van der Waals surface area contributed by atoms with Gasteiger partial charge in [0.25, 0.3) is 5.56 Å². The number of amides is 1. The number of aryl methyl sites for hydroxylation is 1. The van der Waals surface area contributed by atoms with Gasteiger partial charge in [-0.05, 0) is 6.42 Å². The van der Waals surface area contributed by atoms with Gasteiger partial charge in [0, 0.05) is 30.6 Å². The Morgan fingerprint density at radius 2 is 2.41 bits per heavy atom. The van der Waals surface area contributed by atoms with Gasteiger partial charge in [0.05, 0.1) is 0 Å². The first-order valence-electron chi connectivity index (χ1n) is 5.67. The van der Waals surface area contributed by atoms with Crippen molar-refractivity contribution < 1.29 is 4.79 Å². The van der Waals surface area contributed by atoms with Crippen molar-refractivity contribution in [3.05, 3.63) is 34.8 Å². The summed E-state index contributed by atoms with van der Waals surface area (Å²) in [4.78, 5) is 31.6. The third kappa shape index (κ3) is 2.27. The highest BCUT2D eigenvalue weighted by Gasteiger charge is 2.30. The van der Waals surface area contributed by atoms with Crippen LogP contribution in [0.25, 0.3) is 0 Å². The molecule has 5 nitrogen and oxygen atoms in total. The molecule has 1 unspecified atom stereocenters. The summed E-state index contributed by atoms with van der Waals surface area (Å²) >= 11 is 0. The summed E-state index contributed by atoms with van der Waals surface area (Å²) in [5.74, 6) is 0.466. The number of rotatable bonds is 3. The van der Waals surface area contributed by atoms with Crippen LogP contribution >= 0.6 is 0 Å². The van der Waals surface area contributed by atoms with Crippen molar-refractivity contribution in [3.8, 4) is 0 Å². The first-order valence-corrected chi connectivity index (χ1v) is 5.67. The number of aromatic nitrogens is 2. The van der Waals surface area contributed by atoms with Gasteiger partial charge in [-0.25, -0.2) is 4.98 Å². The Kier molecular flexibility index (Phi) is 3.08. The Hall–Kier alpha value is -1.91. The molecule has 0 saturated carbocycles. The second-order valence-electron chi connectivity index (χ2n) is 4.12. The van der Waals surface area contributed by atoms with Crippen molar-refractivity contribution in [3.63, 3.8) is 0 Å². The van der Waals surface area contributed by atoms with Crippen LogP contribution in [0.2, 0.25) is 0 Å². The zero-order valence-electron chi connectivity index (χ0n) is 9.77. The minimum absolute atomic E-state index is 0.0219. The topological polar surface area (TPSA) is 66.1 Å². The predicted octanol–water partition coefficient (Wildman–Crippen LogP) is 0.871. The van der Waals surface area contributed by atoms with Crippen molar-refractivity contribution in [1.29, 1.82) is 0 Å². The summed E-state index contributed by atoms with van der Waals surface area (Å²) in [5.41, 5.74) is 0.473. The number of aromatic amines is 1. The molecule has 1 amide bonds. The monoisotopic (exact) mass is 233 g/mol. The number of carbonyl (C=O) groups excluding carboxylic acids is 1. The van der Waals surface area contributed by atoms with Gasteiger partial charge < -0.3 is 0 Å². The molecular formula is C12H15N3O2. The van der Waals surface area contributed by atoms with E-state index in [0.29, 0.717) is 31.0 Å². The fraction of sp³-hybridized carbons (Fsp3) is 0.417. The van der Waals surface area contributed by atoms with E-state index in [1.165, 1.54) is 11.0 Å². The minimum Gasteiger partial charge on any atom is -0.292 e. The summed E-state index contributed by atoms with van der Waals surface area (Å²) in [7, 11) is 0. The van der Waals surface area contributed by atoms with E-state index in [0.717, 1.165) is 0 Å². The van der Waals surface area contributed by atoms with Gasteiger partial charge in [-0.1, -0.05) is 13.0 Å². The highest BCUT2D eigenvalue weighted by Crippen LogP contribution is 2.22. The molecule has 2 rings (SSSR count). The number of nitrogens with one attached hydrogen (secondary N) is 1. The van der Waals surface area contributed by atoms with Crippen LogP contribution < -0.4 is 10.5 Å². The molecule has 90 valence electrons. The number of carbonyl (C=O) groups is 1. The lowest BCUT2D eigenvalue weighted by atomic mass is 10.1. The van der Waals surface area contributed by atoms with E-state index in [1.54, 1.807) is 6.08 Å². The number of anilines is 1. The van der Waals surface area contributed by atoms with Crippen molar-refractivity contribution in [1.82, 2.24) is 9.97 Å². The molecule has 1 N–H and O–H groups in total. The van der Waals surface area contributed by atoms with Crippen LogP contribution in [-0.4, -0.2) is 22.4 Å². The Morgan fingerprint density at radius 3 is 3.00 bits per heavy atom. The Morgan fingerprint density at radius 1 is 1.65 bits per heavy atom. The molecule has 2 heterocycles. The van der Waals surface area contributed by atoms with E-state index < -0.39 is 0 Å². The molecule has 1 aliphatic heterocycles. The zero-order chi connectivity index (χ0) is 12.4. The Bertz CT molecular complexity index is 507. The largest absolute Gasteiger partial charge is 0.292 e.